The summed E-state index contributed by atoms with van der Waals surface area (Å²) in [4.78, 5) is 32.5. The molecule has 1 atom stereocenters. The first-order chi connectivity index (χ1) is 9.97. The quantitative estimate of drug-likeness (QED) is 0.862. The predicted molar refractivity (Wildman–Crippen MR) is 74.3 cm³/mol. The van der Waals surface area contributed by atoms with Crippen LogP contribution in [0.2, 0.25) is 0 Å². The lowest BCUT2D eigenvalue weighted by Crippen LogP contribution is -2.33. The highest BCUT2D eigenvalue weighted by molar-refractivity contribution is 5.87. The summed E-state index contributed by atoms with van der Waals surface area (Å²) in [5.41, 5.74) is 0.683. The first kappa shape index (κ1) is 15.0. The van der Waals surface area contributed by atoms with Gasteiger partial charge >= 0.3 is 12.0 Å². The van der Waals surface area contributed by atoms with Crippen LogP contribution >= 0.6 is 0 Å². The Morgan fingerprint density at radius 1 is 1.52 bits per heavy atom. The molecule has 1 aliphatic rings. The fourth-order valence-electron chi connectivity index (χ4n) is 2.31. The summed E-state index contributed by atoms with van der Waals surface area (Å²) in [5, 5.41) is 11.4. The van der Waals surface area contributed by atoms with E-state index < -0.39 is 5.97 Å². The van der Waals surface area contributed by atoms with Crippen LogP contribution in [-0.2, 0) is 4.79 Å². The number of aromatic nitrogens is 2. The largest absolute Gasteiger partial charge is 0.481 e. The highest BCUT2D eigenvalue weighted by atomic mass is 16.5. The van der Waals surface area contributed by atoms with E-state index in [0.29, 0.717) is 31.1 Å². The van der Waals surface area contributed by atoms with Crippen LogP contribution in [0.1, 0.15) is 18.5 Å². The summed E-state index contributed by atoms with van der Waals surface area (Å²) in [7, 11) is 1.49. The molecular formula is C13H18N4O4. The summed E-state index contributed by atoms with van der Waals surface area (Å²) in [5.74, 6) is -0.281. The van der Waals surface area contributed by atoms with E-state index in [0.717, 1.165) is 0 Å². The summed E-state index contributed by atoms with van der Waals surface area (Å²) >= 11 is 0. The zero-order valence-electron chi connectivity index (χ0n) is 12.0. The smallest absolute Gasteiger partial charge is 0.324 e. The number of rotatable bonds is 4. The van der Waals surface area contributed by atoms with Gasteiger partial charge in [0.1, 0.15) is 0 Å². The molecule has 0 spiro atoms. The molecule has 2 heterocycles. The van der Waals surface area contributed by atoms with Crippen molar-refractivity contribution < 1.29 is 19.4 Å². The van der Waals surface area contributed by atoms with Crippen LogP contribution in [0.25, 0.3) is 0 Å². The standard InChI is InChI=1S/C13H18N4O4/c1-8-5-10(21-2)15-12(14-8)16-13(20)17-4-3-9(7-17)6-11(18)19/h5,9H,3-4,6-7H2,1-2H3,(H,18,19)(H,14,15,16,20). The average Bonchev–Trinajstić information content (AvgIpc) is 2.85. The molecule has 114 valence electrons. The molecule has 0 aliphatic carbocycles. The van der Waals surface area contributed by atoms with Crippen LogP contribution in [0.5, 0.6) is 5.88 Å². The Morgan fingerprint density at radius 3 is 2.95 bits per heavy atom. The molecule has 2 N–H and O–H groups in total. The molecular weight excluding hydrogens is 276 g/mol. The number of carboxylic acid groups (broad SMARTS) is 1. The molecule has 0 bridgehead atoms. The number of likely N-dealkylation sites (tertiary alicyclic amines) is 1. The molecule has 0 aromatic carbocycles. The number of carboxylic acids is 1. The molecule has 1 aliphatic heterocycles. The van der Waals surface area contributed by atoms with Crippen LogP contribution in [0.15, 0.2) is 6.07 Å². The monoisotopic (exact) mass is 294 g/mol. The summed E-state index contributed by atoms with van der Waals surface area (Å²) in [6.07, 6.45) is 0.774. The topological polar surface area (TPSA) is 105 Å². The Hall–Kier alpha value is -2.38. The molecule has 0 saturated carbocycles. The zero-order chi connectivity index (χ0) is 15.4. The number of methoxy groups -OCH3 is 1. The van der Waals surface area contributed by atoms with Gasteiger partial charge in [0.2, 0.25) is 11.8 Å². The molecule has 2 rings (SSSR count). The lowest BCUT2D eigenvalue weighted by atomic mass is 10.1. The van der Waals surface area contributed by atoms with Crippen LogP contribution in [-0.4, -0.2) is 52.2 Å². The number of carbonyl (C=O) groups is 2. The van der Waals surface area contributed by atoms with Gasteiger partial charge in [-0.1, -0.05) is 0 Å². The minimum atomic E-state index is -0.839. The summed E-state index contributed by atoms with van der Waals surface area (Å²) < 4.78 is 5.02. The molecule has 1 saturated heterocycles. The van der Waals surface area contributed by atoms with Gasteiger partial charge in [0.25, 0.3) is 0 Å². The Kier molecular flexibility index (Phi) is 4.56. The van der Waals surface area contributed by atoms with E-state index in [1.807, 2.05) is 0 Å². The molecule has 1 aromatic heterocycles. The van der Waals surface area contributed by atoms with Crippen molar-refractivity contribution in [1.29, 1.82) is 0 Å². The van der Waals surface area contributed by atoms with Crippen molar-refractivity contribution >= 4 is 17.9 Å². The molecule has 21 heavy (non-hydrogen) atoms. The van der Waals surface area contributed by atoms with Crippen molar-refractivity contribution in [3.05, 3.63) is 11.8 Å². The van der Waals surface area contributed by atoms with Crippen LogP contribution < -0.4 is 10.1 Å². The lowest BCUT2D eigenvalue weighted by molar-refractivity contribution is -0.138. The second-order valence-corrected chi connectivity index (χ2v) is 5.00. The molecule has 1 unspecified atom stereocenters. The number of anilines is 1. The summed E-state index contributed by atoms with van der Waals surface area (Å²) in [6.45, 7) is 2.74. The third kappa shape index (κ3) is 4.04. The highest BCUT2D eigenvalue weighted by Crippen LogP contribution is 2.20. The van der Waals surface area contributed by atoms with Crippen molar-refractivity contribution in [1.82, 2.24) is 14.9 Å². The number of aliphatic carboxylic acids is 1. The number of ether oxygens (including phenoxy) is 1. The number of amides is 2. The number of nitrogens with zero attached hydrogens (tertiary/aromatic N) is 3. The Balaban J connectivity index is 1.96. The number of hydrogen-bond acceptors (Lipinski definition) is 5. The van der Waals surface area contributed by atoms with Crippen molar-refractivity contribution in [2.45, 2.75) is 19.8 Å². The first-order valence-electron chi connectivity index (χ1n) is 6.65. The number of hydrogen-bond donors (Lipinski definition) is 2. The van der Waals surface area contributed by atoms with E-state index in [9.17, 15) is 9.59 Å². The average molecular weight is 294 g/mol. The molecule has 1 aromatic rings. The molecule has 1 fully saturated rings. The fraction of sp³-hybridized carbons (Fsp3) is 0.538. The van der Waals surface area contributed by atoms with Gasteiger partial charge in [-0.25, -0.2) is 9.78 Å². The van der Waals surface area contributed by atoms with E-state index in [1.165, 1.54) is 7.11 Å². The Bertz CT molecular complexity index is 549. The molecule has 2 amide bonds. The van der Waals surface area contributed by atoms with Gasteiger partial charge in [-0.15, -0.1) is 0 Å². The predicted octanol–water partition coefficient (Wildman–Crippen LogP) is 1.12. The molecule has 8 heteroatoms. The van der Waals surface area contributed by atoms with E-state index in [2.05, 4.69) is 15.3 Å². The van der Waals surface area contributed by atoms with Crippen LogP contribution in [0.3, 0.4) is 0 Å². The maximum absolute atomic E-state index is 12.1. The van der Waals surface area contributed by atoms with Gasteiger partial charge in [-0.3, -0.25) is 10.1 Å². The molecule has 0 radical (unpaired) electrons. The van der Waals surface area contributed by atoms with Crippen molar-refractivity contribution in [2.24, 2.45) is 5.92 Å². The maximum Gasteiger partial charge on any atom is 0.324 e. The third-order valence-electron chi connectivity index (χ3n) is 3.29. The van der Waals surface area contributed by atoms with Crippen molar-refractivity contribution in [3.8, 4) is 5.88 Å². The number of nitrogens with one attached hydrogen (secondary N) is 1. The minimum Gasteiger partial charge on any atom is -0.481 e. The Morgan fingerprint density at radius 2 is 2.29 bits per heavy atom. The van der Waals surface area contributed by atoms with Crippen molar-refractivity contribution in [2.75, 3.05) is 25.5 Å². The van der Waals surface area contributed by atoms with E-state index in [-0.39, 0.29) is 24.3 Å². The third-order valence-corrected chi connectivity index (χ3v) is 3.29. The second kappa shape index (κ2) is 6.38. The first-order valence-corrected chi connectivity index (χ1v) is 6.65. The van der Waals surface area contributed by atoms with Crippen LogP contribution in [0.4, 0.5) is 10.7 Å². The number of carbonyl (C=O) groups excluding carboxylic acids is 1. The second-order valence-electron chi connectivity index (χ2n) is 5.00. The minimum absolute atomic E-state index is 0.00112. The van der Waals surface area contributed by atoms with Crippen LogP contribution in [0, 0.1) is 12.8 Å². The number of urea groups is 1. The van der Waals surface area contributed by atoms with E-state index >= 15 is 0 Å². The van der Waals surface area contributed by atoms with Gasteiger partial charge < -0.3 is 14.7 Å². The zero-order valence-corrected chi connectivity index (χ0v) is 12.0. The SMILES string of the molecule is COc1cc(C)nc(NC(=O)N2CCC(CC(=O)O)C2)n1. The molecule has 8 nitrogen and oxygen atoms in total. The van der Waals surface area contributed by atoms with Gasteiger partial charge in [0.05, 0.1) is 7.11 Å². The lowest BCUT2D eigenvalue weighted by Gasteiger charge is -2.16. The summed E-state index contributed by atoms with van der Waals surface area (Å²) in [6, 6.07) is 1.34. The van der Waals surface area contributed by atoms with Gasteiger partial charge in [-0.2, -0.15) is 4.98 Å². The highest BCUT2D eigenvalue weighted by Gasteiger charge is 2.28. The van der Waals surface area contributed by atoms with Crippen molar-refractivity contribution in [3.63, 3.8) is 0 Å². The number of aryl methyl sites for hydroxylation is 1. The van der Waals surface area contributed by atoms with Gasteiger partial charge in [-0.05, 0) is 19.3 Å². The van der Waals surface area contributed by atoms with E-state index in [4.69, 9.17) is 9.84 Å². The maximum atomic E-state index is 12.1. The normalized spacial score (nSPS) is 17.6. The van der Waals surface area contributed by atoms with Gasteiger partial charge in [0, 0.05) is 31.3 Å². The Labute approximate surface area is 122 Å². The van der Waals surface area contributed by atoms with E-state index in [1.54, 1.807) is 17.9 Å². The van der Waals surface area contributed by atoms with Gasteiger partial charge in [0.15, 0.2) is 0 Å². The fourth-order valence-corrected chi connectivity index (χ4v) is 2.31.